The van der Waals surface area contributed by atoms with Crippen LogP contribution >= 0.6 is 0 Å². The van der Waals surface area contributed by atoms with Gasteiger partial charge >= 0.3 is 0 Å². The Morgan fingerprint density at radius 1 is 0.930 bits per heavy atom. The number of rotatable bonds is 10. The molecule has 6 N–H and O–H groups in total. The van der Waals surface area contributed by atoms with E-state index in [1.807, 2.05) is 30.3 Å². The highest BCUT2D eigenvalue weighted by Crippen LogP contribution is 2.32. The lowest BCUT2D eigenvalue weighted by Crippen LogP contribution is -2.54. The first-order chi connectivity index (χ1) is 27.2. The van der Waals surface area contributed by atoms with Gasteiger partial charge in [-0.1, -0.05) is 56.3 Å². The second-order valence-corrected chi connectivity index (χ2v) is 17.0. The fraction of sp³-hybridized carbons (Fsp3) is 0.415. The van der Waals surface area contributed by atoms with E-state index in [4.69, 9.17) is 20.6 Å². The van der Waals surface area contributed by atoms with Gasteiger partial charge in [0.2, 0.25) is 33.7 Å². The summed E-state index contributed by atoms with van der Waals surface area (Å²) < 4.78 is 37.4. The Morgan fingerprint density at radius 2 is 1.63 bits per heavy atom. The summed E-state index contributed by atoms with van der Waals surface area (Å²) in [6, 6.07) is 17.8. The van der Waals surface area contributed by atoms with Crippen molar-refractivity contribution in [2.75, 3.05) is 6.61 Å². The molecule has 2 bridgehead atoms. The smallest absolute Gasteiger partial charge is 0.248 e. The first-order valence-corrected chi connectivity index (χ1v) is 20.7. The molecule has 1 saturated carbocycles. The Kier molecular flexibility index (Phi) is 13.0. The highest BCUT2D eigenvalue weighted by Gasteiger charge is 2.32. The molecule has 57 heavy (non-hydrogen) atoms. The highest BCUT2D eigenvalue weighted by molar-refractivity contribution is 7.89. The van der Waals surface area contributed by atoms with Crippen LogP contribution in [-0.2, 0) is 50.2 Å². The lowest BCUT2D eigenvalue weighted by Gasteiger charge is -2.25. The number of aromatic nitrogens is 3. The minimum atomic E-state index is -4.30. The molecule has 3 aromatic carbocycles. The zero-order valence-electron chi connectivity index (χ0n) is 32.3. The molecule has 7 rings (SSSR count). The van der Waals surface area contributed by atoms with E-state index in [1.165, 1.54) is 31.2 Å². The van der Waals surface area contributed by atoms with Crippen LogP contribution in [-0.4, -0.2) is 71.5 Å². The number of fused-ring (bicyclic) bond motifs is 14. The summed E-state index contributed by atoms with van der Waals surface area (Å²) in [5.74, 6) is -0.0805. The largest absolute Gasteiger partial charge is 0.491 e. The molecule has 16 heteroatoms. The van der Waals surface area contributed by atoms with Gasteiger partial charge in [0.05, 0.1) is 17.0 Å². The van der Waals surface area contributed by atoms with Crippen molar-refractivity contribution < 1.29 is 32.3 Å². The molecule has 0 radical (unpaired) electrons. The molecule has 4 aromatic rings. The summed E-state index contributed by atoms with van der Waals surface area (Å²) >= 11 is 0. The summed E-state index contributed by atoms with van der Waals surface area (Å²) in [6.07, 6.45) is 3.68. The monoisotopic (exact) mass is 798 g/mol. The van der Waals surface area contributed by atoms with Gasteiger partial charge in [0.1, 0.15) is 31.0 Å². The van der Waals surface area contributed by atoms with Gasteiger partial charge in [-0.05, 0) is 98.4 Å². The van der Waals surface area contributed by atoms with Gasteiger partial charge in [0.25, 0.3) is 0 Å². The van der Waals surface area contributed by atoms with Crippen LogP contribution in [0.1, 0.15) is 79.2 Å². The van der Waals surface area contributed by atoms with E-state index in [9.17, 15) is 27.6 Å². The molecule has 0 spiro atoms. The molecule has 15 nitrogen and oxygen atoms in total. The van der Waals surface area contributed by atoms with Gasteiger partial charge in [-0.25, -0.2) is 18.1 Å². The molecule has 302 valence electrons. The quantitative estimate of drug-likeness (QED) is 0.159. The van der Waals surface area contributed by atoms with Crippen LogP contribution in [0.25, 0.3) is 0 Å². The van der Waals surface area contributed by atoms with Gasteiger partial charge in [-0.2, -0.15) is 9.82 Å². The Hall–Kier alpha value is -5.61. The van der Waals surface area contributed by atoms with Crippen LogP contribution in [0.4, 0.5) is 0 Å². The van der Waals surface area contributed by atoms with Crippen LogP contribution in [0.5, 0.6) is 5.75 Å². The Labute approximate surface area is 332 Å². The molecule has 3 heterocycles. The van der Waals surface area contributed by atoms with Crippen molar-refractivity contribution >= 4 is 33.7 Å². The van der Waals surface area contributed by atoms with Crippen molar-refractivity contribution in [1.29, 1.82) is 0 Å². The predicted molar refractivity (Wildman–Crippen MR) is 211 cm³/mol. The number of nitrogens with zero attached hydrogens (tertiary/aromatic N) is 3. The van der Waals surface area contributed by atoms with E-state index in [2.05, 4.69) is 34.5 Å². The van der Waals surface area contributed by atoms with Gasteiger partial charge in [-0.3, -0.25) is 19.2 Å². The molecule has 2 aliphatic heterocycles. The summed E-state index contributed by atoms with van der Waals surface area (Å²) in [4.78, 5) is 58.0. The Bertz CT molecular complexity index is 2150. The van der Waals surface area contributed by atoms with Crippen LogP contribution in [0.15, 0.2) is 83.8 Å². The molecular formula is C41H50N8O7S. The summed E-state index contributed by atoms with van der Waals surface area (Å²) in [7, 11) is -4.30. The van der Waals surface area contributed by atoms with Crippen LogP contribution < -0.4 is 31.1 Å². The van der Waals surface area contributed by atoms with Crippen molar-refractivity contribution in [1.82, 2.24) is 35.4 Å². The van der Waals surface area contributed by atoms with Crippen molar-refractivity contribution in [3.63, 3.8) is 0 Å². The van der Waals surface area contributed by atoms with Crippen molar-refractivity contribution in [2.45, 2.75) is 94.9 Å². The van der Waals surface area contributed by atoms with E-state index in [0.29, 0.717) is 48.1 Å². The van der Waals surface area contributed by atoms with E-state index >= 15 is 0 Å². The number of ether oxygens (including phenoxy) is 1. The number of primary amides is 1. The SMILES string of the molecule is CC(C)C[C@H]1COc2ccc(cc2)C[C@H](NS(=O)(=O)c2ccc(C(N)=O)cc2)C(=O)N[C@H](C)C(=O)N[C@H](Cc2ccccc2)c2nc(CC3CC3)nn2CC(=O)N1. The average molecular weight is 799 g/mol. The molecule has 1 aliphatic carbocycles. The Morgan fingerprint density at radius 3 is 2.28 bits per heavy atom. The first kappa shape index (κ1) is 41.0. The number of hydrogen-bond acceptors (Lipinski definition) is 9. The summed E-state index contributed by atoms with van der Waals surface area (Å²) in [5.41, 5.74) is 6.96. The molecule has 0 saturated heterocycles. The van der Waals surface area contributed by atoms with Crippen LogP contribution in [0, 0.1) is 11.8 Å². The van der Waals surface area contributed by atoms with E-state index < -0.39 is 45.9 Å². The highest BCUT2D eigenvalue weighted by atomic mass is 32.2. The second-order valence-electron chi connectivity index (χ2n) is 15.3. The average Bonchev–Trinajstić information content (AvgIpc) is 3.90. The maximum atomic E-state index is 14.0. The molecule has 3 aliphatic rings. The maximum Gasteiger partial charge on any atom is 0.248 e. The maximum absolute atomic E-state index is 14.0. The molecule has 1 fully saturated rings. The lowest BCUT2D eigenvalue weighted by atomic mass is 10.0. The van der Waals surface area contributed by atoms with Gasteiger partial charge in [0, 0.05) is 12.0 Å². The molecule has 4 atom stereocenters. The van der Waals surface area contributed by atoms with E-state index in [-0.39, 0.29) is 47.9 Å². The minimum Gasteiger partial charge on any atom is -0.491 e. The number of carbonyl (C=O) groups is 4. The topological polar surface area (TPSA) is 216 Å². The fourth-order valence-corrected chi connectivity index (χ4v) is 7.91. The number of carbonyl (C=O) groups excluding carboxylic acids is 4. The van der Waals surface area contributed by atoms with Crippen molar-refractivity contribution in [3.8, 4) is 5.75 Å². The predicted octanol–water partition coefficient (Wildman–Crippen LogP) is 2.75. The zero-order valence-corrected chi connectivity index (χ0v) is 33.1. The number of amides is 4. The number of sulfonamides is 1. The number of nitrogens with two attached hydrogens (primary N) is 1. The van der Waals surface area contributed by atoms with Gasteiger partial charge in [-0.15, -0.1) is 0 Å². The number of nitrogens with one attached hydrogen (secondary N) is 4. The Balaban J connectivity index is 1.34. The molecule has 1 aromatic heterocycles. The molecule has 4 amide bonds. The number of benzene rings is 3. The van der Waals surface area contributed by atoms with Gasteiger partial charge < -0.3 is 26.4 Å². The molecular weight excluding hydrogens is 749 g/mol. The standard InChI is InChI=1S/C41H50N8O7S/c1-25(2)19-31-24-56-32-15-11-28(12-16-32)21-35(48-57(54,55)33-17-13-30(14-18-33)38(42)51)41(53)43-26(3)40(52)45-34(20-27-7-5-4-6-8-27)39-46-36(22-29-9-10-29)47-49(39)23-37(50)44-31/h4-8,11-18,25-26,29,31,34-35,48H,9-10,19-24H2,1-3H3,(H2,42,51)(H,43,53)(H,44,50)(H,45,52)/t26-,31+,34-,35+/m1/s1. The zero-order chi connectivity index (χ0) is 40.7. The fourth-order valence-electron chi connectivity index (χ4n) is 6.72. The molecule has 0 unspecified atom stereocenters. The third kappa shape index (κ3) is 11.5. The summed E-state index contributed by atoms with van der Waals surface area (Å²) in [5, 5.41) is 13.6. The third-order valence-corrected chi connectivity index (χ3v) is 11.4. The number of hydrogen-bond donors (Lipinski definition) is 5. The van der Waals surface area contributed by atoms with Crippen LogP contribution in [0.2, 0.25) is 0 Å². The van der Waals surface area contributed by atoms with E-state index in [1.54, 1.807) is 28.9 Å². The third-order valence-electron chi connectivity index (χ3n) is 9.87. The van der Waals surface area contributed by atoms with E-state index in [0.717, 1.165) is 18.4 Å². The minimum absolute atomic E-state index is 0.0748. The van der Waals surface area contributed by atoms with Crippen LogP contribution in [0.3, 0.4) is 0 Å². The first-order valence-electron chi connectivity index (χ1n) is 19.2. The summed E-state index contributed by atoms with van der Waals surface area (Å²) in [6.45, 7) is 5.67. The second kappa shape index (κ2) is 18.1. The van der Waals surface area contributed by atoms with Gasteiger partial charge in [0.15, 0.2) is 11.6 Å². The lowest BCUT2D eigenvalue weighted by molar-refractivity contribution is -0.129. The normalized spacial score (nSPS) is 21.2. The van der Waals surface area contributed by atoms with Crippen molar-refractivity contribution in [2.24, 2.45) is 17.6 Å². The van der Waals surface area contributed by atoms with Crippen molar-refractivity contribution in [3.05, 3.63) is 107 Å².